The van der Waals surface area contributed by atoms with Gasteiger partial charge >= 0.3 is 5.76 Å². The second kappa shape index (κ2) is 6.63. The second-order valence-electron chi connectivity index (χ2n) is 8.22. The van der Waals surface area contributed by atoms with Gasteiger partial charge in [0.05, 0.1) is 17.6 Å². The average Bonchev–Trinajstić information content (AvgIpc) is 3.45. The van der Waals surface area contributed by atoms with Crippen molar-refractivity contribution in [3.05, 3.63) is 40.9 Å². The van der Waals surface area contributed by atoms with Crippen LogP contribution >= 0.6 is 0 Å². The summed E-state index contributed by atoms with van der Waals surface area (Å²) in [5, 5.41) is 3.29. The molecule has 0 spiro atoms. The van der Waals surface area contributed by atoms with Gasteiger partial charge in [-0.3, -0.25) is 9.78 Å². The second-order valence-corrected chi connectivity index (χ2v) is 8.22. The first-order chi connectivity index (χ1) is 15.1. The number of oxazole rings is 1. The van der Waals surface area contributed by atoms with Crippen LogP contribution in [-0.4, -0.2) is 33.1 Å². The SMILES string of the molecule is NC(=O)[C@@H](Nc1cc2c3c(c1)nc(-c1ccc4oc(=O)[nH]c4c1)n3CCCO2)C1CC1. The number of carbonyl (C=O) groups is 1. The Balaban J connectivity index is 1.48. The van der Waals surface area contributed by atoms with Crippen LogP contribution < -0.4 is 21.5 Å². The Morgan fingerprint density at radius 2 is 2.16 bits per heavy atom. The molecule has 1 amide bonds. The molecular weight excluding hydrogens is 398 g/mol. The van der Waals surface area contributed by atoms with Gasteiger partial charge in [-0.1, -0.05) is 0 Å². The van der Waals surface area contributed by atoms with Crippen molar-refractivity contribution in [3.8, 4) is 17.1 Å². The molecule has 4 aromatic rings. The summed E-state index contributed by atoms with van der Waals surface area (Å²) in [6, 6.07) is 8.99. The zero-order valence-electron chi connectivity index (χ0n) is 16.7. The van der Waals surface area contributed by atoms with E-state index in [0.717, 1.165) is 59.7 Å². The Hall–Kier alpha value is -3.75. The van der Waals surface area contributed by atoms with E-state index in [0.29, 0.717) is 17.7 Å². The molecule has 6 rings (SSSR count). The van der Waals surface area contributed by atoms with Crippen molar-refractivity contribution < 1.29 is 13.9 Å². The molecule has 1 atom stereocenters. The maximum absolute atomic E-state index is 11.9. The third kappa shape index (κ3) is 3.04. The fourth-order valence-corrected chi connectivity index (χ4v) is 4.39. The summed E-state index contributed by atoms with van der Waals surface area (Å²) in [4.78, 5) is 31.0. The molecule has 4 N–H and O–H groups in total. The Morgan fingerprint density at radius 3 is 2.97 bits per heavy atom. The highest BCUT2D eigenvalue weighted by atomic mass is 16.5. The number of aromatic nitrogens is 3. The molecule has 0 radical (unpaired) electrons. The number of benzene rings is 2. The number of fused-ring (bicyclic) bond motifs is 1. The molecule has 2 aromatic heterocycles. The van der Waals surface area contributed by atoms with E-state index in [1.165, 1.54) is 0 Å². The minimum absolute atomic E-state index is 0.283. The zero-order chi connectivity index (χ0) is 21.1. The van der Waals surface area contributed by atoms with Crippen LogP contribution in [0.4, 0.5) is 5.69 Å². The van der Waals surface area contributed by atoms with Gasteiger partial charge in [0.25, 0.3) is 0 Å². The smallest absolute Gasteiger partial charge is 0.417 e. The molecule has 31 heavy (non-hydrogen) atoms. The minimum atomic E-state index is -0.482. The van der Waals surface area contributed by atoms with Gasteiger partial charge in [0.2, 0.25) is 5.91 Å². The van der Waals surface area contributed by atoms with Crippen LogP contribution in [0.15, 0.2) is 39.5 Å². The number of aromatic amines is 1. The van der Waals surface area contributed by atoms with Crippen LogP contribution in [0.25, 0.3) is 33.5 Å². The van der Waals surface area contributed by atoms with Crippen LogP contribution in [0.5, 0.6) is 5.75 Å². The van der Waals surface area contributed by atoms with Crippen LogP contribution in [-0.2, 0) is 11.3 Å². The van der Waals surface area contributed by atoms with Gasteiger partial charge < -0.3 is 24.8 Å². The molecule has 0 saturated heterocycles. The fraction of sp³-hybridized carbons (Fsp3) is 0.318. The van der Waals surface area contributed by atoms with E-state index in [-0.39, 0.29) is 11.8 Å². The predicted octanol–water partition coefficient (Wildman–Crippen LogP) is 2.60. The number of hydrogen-bond donors (Lipinski definition) is 3. The van der Waals surface area contributed by atoms with Crippen molar-refractivity contribution in [2.24, 2.45) is 11.7 Å². The molecule has 1 saturated carbocycles. The number of aryl methyl sites for hydroxylation is 1. The number of imidazole rings is 1. The van der Waals surface area contributed by atoms with Gasteiger partial charge in [-0.25, -0.2) is 9.78 Å². The number of hydrogen-bond acceptors (Lipinski definition) is 6. The highest BCUT2D eigenvalue weighted by molar-refractivity contribution is 5.92. The van der Waals surface area contributed by atoms with Crippen LogP contribution in [0.1, 0.15) is 19.3 Å². The quantitative estimate of drug-likeness (QED) is 0.456. The number of carbonyl (C=O) groups excluding carboxylic acids is 1. The van der Waals surface area contributed by atoms with Crippen LogP contribution in [0.3, 0.4) is 0 Å². The first-order valence-corrected chi connectivity index (χ1v) is 10.4. The molecule has 0 unspecified atom stereocenters. The number of amides is 1. The summed E-state index contributed by atoms with van der Waals surface area (Å²) in [6.45, 7) is 1.35. The van der Waals surface area contributed by atoms with Crippen molar-refractivity contribution in [1.29, 1.82) is 0 Å². The Bertz CT molecular complexity index is 1390. The number of nitrogens with two attached hydrogens (primary N) is 1. The van der Waals surface area contributed by atoms with E-state index in [4.69, 9.17) is 19.9 Å². The molecule has 158 valence electrons. The predicted molar refractivity (Wildman–Crippen MR) is 115 cm³/mol. The van der Waals surface area contributed by atoms with Gasteiger partial charge in [-0.15, -0.1) is 0 Å². The van der Waals surface area contributed by atoms with Gasteiger partial charge in [-0.2, -0.15) is 0 Å². The van der Waals surface area contributed by atoms with Crippen LogP contribution in [0.2, 0.25) is 0 Å². The number of nitrogens with one attached hydrogen (secondary N) is 2. The lowest BCUT2D eigenvalue weighted by Gasteiger charge is -2.17. The van der Waals surface area contributed by atoms with Crippen molar-refractivity contribution in [2.75, 3.05) is 11.9 Å². The first kappa shape index (κ1) is 18.1. The molecule has 0 bridgehead atoms. The van der Waals surface area contributed by atoms with Gasteiger partial charge in [0.1, 0.15) is 23.1 Å². The number of primary amides is 1. The largest absolute Gasteiger partial charge is 0.491 e. The topological polar surface area (TPSA) is 128 Å². The van der Waals surface area contributed by atoms with Crippen molar-refractivity contribution >= 4 is 33.7 Å². The van der Waals surface area contributed by atoms with Gasteiger partial charge in [0.15, 0.2) is 5.58 Å². The van der Waals surface area contributed by atoms with E-state index in [9.17, 15) is 9.59 Å². The average molecular weight is 419 g/mol. The van der Waals surface area contributed by atoms with Crippen molar-refractivity contribution in [2.45, 2.75) is 31.8 Å². The monoisotopic (exact) mass is 419 g/mol. The Labute approximate surface area is 176 Å². The van der Waals surface area contributed by atoms with Crippen molar-refractivity contribution in [3.63, 3.8) is 0 Å². The number of H-pyrrole nitrogens is 1. The Kier molecular flexibility index (Phi) is 3.86. The first-order valence-electron chi connectivity index (χ1n) is 10.4. The molecule has 2 aromatic carbocycles. The van der Waals surface area contributed by atoms with E-state index in [2.05, 4.69) is 14.9 Å². The molecule has 2 aliphatic rings. The van der Waals surface area contributed by atoms with Gasteiger partial charge in [-0.05, 0) is 49.4 Å². The maximum Gasteiger partial charge on any atom is 0.417 e. The Morgan fingerprint density at radius 1 is 1.29 bits per heavy atom. The standard InChI is InChI=1S/C22H21N5O4/c23-20(28)18(11-2-3-11)24-13-9-15-19-17(10-13)30-7-1-6-27(19)21(25-15)12-4-5-16-14(8-12)26-22(29)31-16/h4-5,8-11,18,24H,1-3,6-7H2,(H2,23,28)(H,26,29)/t18-/m0/s1. The van der Waals surface area contributed by atoms with Gasteiger partial charge in [0, 0.05) is 23.9 Å². The normalized spacial score (nSPS) is 16.8. The molecule has 3 heterocycles. The maximum atomic E-state index is 11.9. The molecule has 9 heteroatoms. The molecule has 1 fully saturated rings. The van der Waals surface area contributed by atoms with Crippen molar-refractivity contribution in [1.82, 2.24) is 14.5 Å². The number of anilines is 1. The highest BCUT2D eigenvalue weighted by Gasteiger charge is 2.35. The van der Waals surface area contributed by atoms with E-state index >= 15 is 0 Å². The molecular formula is C22H21N5O4. The van der Waals surface area contributed by atoms with E-state index in [1.807, 2.05) is 24.3 Å². The lowest BCUT2D eigenvalue weighted by atomic mass is 10.1. The lowest BCUT2D eigenvalue weighted by molar-refractivity contribution is -0.119. The minimum Gasteiger partial charge on any atom is -0.491 e. The fourth-order valence-electron chi connectivity index (χ4n) is 4.39. The molecule has 1 aliphatic carbocycles. The zero-order valence-corrected chi connectivity index (χ0v) is 16.7. The molecule has 9 nitrogen and oxygen atoms in total. The summed E-state index contributed by atoms with van der Waals surface area (Å²) < 4.78 is 13.3. The number of nitrogens with zero attached hydrogens (tertiary/aromatic N) is 2. The van der Waals surface area contributed by atoms with E-state index in [1.54, 1.807) is 6.07 Å². The third-order valence-electron chi connectivity index (χ3n) is 5.99. The van der Waals surface area contributed by atoms with E-state index < -0.39 is 11.8 Å². The lowest BCUT2D eigenvalue weighted by Crippen LogP contribution is -2.37. The third-order valence-corrected chi connectivity index (χ3v) is 5.99. The van der Waals surface area contributed by atoms with Crippen LogP contribution in [0, 0.1) is 5.92 Å². The summed E-state index contributed by atoms with van der Waals surface area (Å²) in [5.41, 5.74) is 10.1. The summed E-state index contributed by atoms with van der Waals surface area (Å²) in [7, 11) is 0. The summed E-state index contributed by atoms with van der Waals surface area (Å²) >= 11 is 0. The number of ether oxygens (including phenoxy) is 1. The summed E-state index contributed by atoms with van der Waals surface area (Å²) in [5.74, 6) is 0.974. The highest BCUT2D eigenvalue weighted by Crippen LogP contribution is 2.38. The summed E-state index contributed by atoms with van der Waals surface area (Å²) in [6.07, 6.45) is 2.85. The molecule has 1 aliphatic heterocycles. The number of rotatable bonds is 5.